The Labute approximate surface area is 87.4 Å². The van der Waals surface area contributed by atoms with Crippen molar-refractivity contribution in [3.8, 4) is 5.75 Å². The molecule has 0 saturated heterocycles. The largest absolute Gasteiger partial charge is 0.494 e. The first-order chi connectivity index (χ1) is 6.07. The van der Waals surface area contributed by atoms with Gasteiger partial charge in [-0.05, 0) is 22.6 Å². The lowest BCUT2D eigenvalue weighted by molar-refractivity contribution is 0.146. The maximum atomic E-state index is 12.3. The number of ether oxygens (including phenoxy) is 1. The lowest BCUT2D eigenvalue weighted by atomic mass is 10.2. The lowest BCUT2D eigenvalue weighted by Crippen LogP contribution is -2.02. The van der Waals surface area contributed by atoms with Crippen LogP contribution in [0.5, 0.6) is 5.75 Å². The Morgan fingerprint density at radius 2 is 2.23 bits per heavy atom. The topological polar surface area (TPSA) is 48.1 Å². The molecule has 0 spiro atoms. The number of alkyl halides is 2. The van der Waals surface area contributed by atoms with Crippen molar-refractivity contribution in [2.75, 3.05) is 12.8 Å². The quantitative estimate of drug-likeness (QED) is 0.673. The molecule has 1 heterocycles. The summed E-state index contributed by atoms with van der Waals surface area (Å²) < 4.78 is 29.9. The van der Waals surface area contributed by atoms with Crippen LogP contribution in [0.4, 0.5) is 14.5 Å². The van der Waals surface area contributed by atoms with E-state index in [9.17, 15) is 8.78 Å². The number of nitrogens with two attached hydrogens (primary N) is 1. The summed E-state index contributed by atoms with van der Waals surface area (Å²) in [6.07, 6.45) is -1.55. The van der Waals surface area contributed by atoms with Crippen LogP contribution < -0.4 is 10.5 Å². The SMILES string of the molecule is COc1c(C(F)F)cnc(I)c1N. The van der Waals surface area contributed by atoms with E-state index in [1.807, 2.05) is 22.6 Å². The number of aromatic nitrogens is 1. The zero-order valence-electron chi connectivity index (χ0n) is 6.72. The third-order valence-electron chi connectivity index (χ3n) is 1.49. The van der Waals surface area contributed by atoms with E-state index in [1.54, 1.807) is 0 Å². The Hall–Kier alpha value is -0.660. The van der Waals surface area contributed by atoms with E-state index in [0.29, 0.717) is 3.70 Å². The molecule has 0 aliphatic rings. The van der Waals surface area contributed by atoms with Crippen LogP contribution in [-0.2, 0) is 0 Å². The Morgan fingerprint density at radius 1 is 1.62 bits per heavy atom. The van der Waals surface area contributed by atoms with Crippen LogP contribution in [0.3, 0.4) is 0 Å². The minimum Gasteiger partial charge on any atom is -0.494 e. The predicted octanol–water partition coefficient (Wildman–Crippen LogP) is 2.21. The summed E-state index contributed by atoms with van der Waals surface area (Å²) in [5.41, 5.74) is 5.38. The van der Waals surface area contributed by atoms with Gasteiger partial charge < -0.3 is 10.5 Å². The number of hydrogen-bond donors (Lipinski definition) is 1. The zero-order valence-corrected chi connectivity index (χ0v) is 8.88. The smallest absolute Gasteiger partial charge is 0.268 e. The van der Waals surface area contributed by atoms with Gasteiger partial charge in [-0.3, -0.25) is 0 Å². The number of rotatable bonds is 2. The van der Waals surface area contributed by atoms with Gasteiger partial charge in [0.2, 0.25) is 0 Å². The summed E-state index contributed by atoms with van der Waals surface area (Å²) in [7, 11) is 1.30. The number of methoxy groups -OCH3 is 1. The second-order valence-electron chi connectivity index (χ2n) is 2.25. The fourth-order valence-corrected chi connectivity index (χ4v) is 1.27. The summed E-state index contributed by atoms with van der Waals surface area (Å²) >= 11 is 1.85. The van der Waals surface area contributed by atoms with E-state index >= 15 is 0 Å². The molecule has 3 nitrogen and oxygen atoms in total. The van der Waals surface area contributed by atoms with Crippen LogP contribution in [-0.4, -0.2) is 12.1 Å². The first-order valence-electron chi connectivity index (χ1n) is 3.34. The fourth-order valence-electron chi connectivity index (χ4n) is 0.887. The molecule has 0 amide bonds. The Morgan fingerprint density at radius 3 is 2.69 bits per heavy atom. The highest BCUT2D eigenvalue weighted by Crippen LogP contribution is 2.34. The van der Waals surface area contributed by atoms with E-state index in [2.05, 4.69) is 4.98 Å². The van der Waals surface area contributed by atoms with Gasteiger partial charge in [-0.15, -0.1) is 0 Å². The van der Waals surface area contributed by atoms with Crippen LogP contribution in [0.1, 0.15) is 12.0 Å². The summed E-state index contributed by atoms with van der Waals surface area (Å²) in [4.78, 5) is 3.71. The van der Waals surface area contributed by atoms with Gasteiger partial charge in [0, 0.05) is 6.20 Å². The average molecular weight is 300 g/mol. The second-order valence-corrected chi connectivity index (χ2v) is 3.27. The van der Waals surface area contributed by atoms with Crippen LogP contribution in [0, 0.1) is 3.70 Å². The van der Waals surface area contributed by atoms with Crippen molar-refractivity contribution in [2.24, 2.45) is 0 Å². The second kappa shape index (κ2) is 4.03. The predicted molar refractivity (Wildman–Crippen MR) is 52.9 cm³/mol. The molecule has 0 bridgehead atoms. The number of pyridine rings is 1. The average Bonchev–Trinajstić information content (AvgIpc) is 2.09. The van der Waals surface area contributed by atoms with Gasteiger partial charge in [-0.25, -0.2) is 13.8 Å². The molecule has 0 aromatic carbocycles. The highest BCUT2D eigenvalue weighted by molar-refractivity contribution is 14.1. The zero-order chi connectivity index (χ0) is 10.0. The van der Waals surface area contributed by atoms with Gasteiger partial charge in [0.05, 0.1) is 12.7 Å². The van der Waals surface area contributed by atoms with Crippen LogP contribution in [0.2, 0.25) is 0 Å². The van der Waals surface area contributed by atoms with Gasteiger partial charge in [0.15, 0.2) is 5.75 Å². The summed E-state index contributed by atoms with van der Waals surface area (Å²) in [5, 5.41) is 0. The monoisotopic (exact) mass is 300 g/mol. The van der Waals surface area contributed by atoms with E-state index in [0.717, 1.165) is 6.20 Å². The molecule has 1 aromatic heterocycles. The number of hydrogen-bond acceptors (Lipinski definition) is 3. The minimum absolute atomic E-state index is 0.00870. The highest BCUT2D eigenvalue weighted by atomic mass is 127. The lowest BCUT2D eigenvalue weighted by Gasteiger charge is -2.10. The van der Waals surface area contributed by atoms with Crippen molar-refractivity contribution in [2.45, 2.75) is 6.43 Å². The van der Waals surface area contributed by atoms with Crippen LogP contribution >= 0.6 is 22.6 Å². The number of halogens is 3. The van der Waals surface area contributed by atoms with E-state index in [1.165, 1.54) is 7.11 Å². The Balaban J connectivity index is 3.30. The molecule has 0 fully saturated rings. The molecule has 1 aromatic rings. The van der Waals surface area contributed by atoms with Gasteiger partial charge in [-0.2, -0.15) is 0 Å². The molecule has 0 unspecified atom stereocenters. The van der Waals surface area contributed by atoms with Crippen molar-refractivity contribution in [3.63, 3.8) is 0 Å². The third kappa shape index (κ3) is 1.98. The van der Waals surface area contributed by atoms with Crippen LogP contribution in [0.25, 0.3) is 0 Å². The molecule has 13 heavy (non-hydrogen) atoms. The normalized spacial score (nSPS) is 10.5. The maximum absolute atomic E-state index is 12.3. The molecular weight excluding hydrogens is 293 g/mol. The molecule has 0 radical (unpaired) electrons. The number of anilines is 1. The Kier molecular flexibility index (Phi) is 3.23. The molecule has 0 aliphatic carbocycles. The first kappa shape index (κ1) is 10.4. The molecule has 0 atom stereocenters. The number of nitrogens with zero attached hydrogens (tertiary/aromatic N) is 1. The van der Waals surface area contributed by atoms with E-state index in [4.69, 9.17) is 10.5 Å². The highest BCUT2D eigenvalue weighted by Gasteiger charge is 2.18. The van der Waals surface area contributed by atoms with Crippen molar-refractivity contribution in [1.82, 2.24) is 4.98 Å². The van der Waals surface area contributed by atoms with E-state index in [-0.39, 0.29) is 17.0 Å². The fraction of sp³-hybridized carbons (Fsp3) is 0.286. The molecule has 0 aliphatic heterocycles. The van der Waals surface area contributed by atoms with Gasteiger partial charge >= 0.3 is 0 Å². The first-order valence-corrected chi connectivity index (χ1v) is 4.41. The van der Waals surface area contributed by atoms with Crippen LogP contribution in [0.15, 0.2) is 6.20 Å². The molecule has 6 heteroatoms. The molecule has 2 N–H and O–H groups in total. The van der Waals surface area contributed by atoms with Crippen molar-refractivity contribution >= 4 is 28.3 Å². The molecular formula is C7H7F2IN2O. The van der Waals surface area contributed by atoms with Gasteiger partial charge in [-0.1, -0.05) is 0 Å². The third-order valence-corrected chi connectivity index (χ3v) is 2.34. The van der Waals surface area contributed by atoms with Gasteiger partial charge in [0.1, 0.15) is 9.39 Å². The Bertz CT molecular complexity index is 320. The standard InChI is InChI=1S/C7H7F2IN2O/c1-13-5-3(6(8)9)2-12-7(10)4(5)11/h2,6H,11H2,1H3. The van der Waals surface area contributed by atoms with Crippen molar-refractivity contribution in [3.05, 3.63) is 15.5 Å². The van der Waals surface area contributed by atoms with Crippen molar-refractivity contribution < 1.29 is 13.5 Å². The maximum Gasteiger partial charge on any atom is 0.268 e. The minimum atomic E-state index is -2.62. The summed E-state index contributed by atoms with van der Waals surface area (Å²) in [6.45, 7) is 0. The summed E-state index contributed by atoms with van der Waals surface area (Å²) in [5.74, 6) is 0.00870. The molecule has 72 valence electrons. The summed E-state index contributed by atoms with van der Waals surface area (Å²) in [6, 6.07) is 0. The van der Waals surface area contributed by atoms with Gasteiger partial charge in [0.25, 0.3) is 6.43 Å². The molecule has 0 saturated carbocycles. The number of nitrogen functional groups attached to an aromatic ring is 1. The van der Waals surface area contributed by atoms with E-state index < -0.39 is 6.43 Å². The molecule has 1 rings (SSSR count). The van der Waals surface area contributed by atoms with Crippen molar-refractivity contribution in [1.29, 1.82) is 0 Å².